The van der Waals surface area contributed by atoms with Crippen LogP contribution in [0.5, 0.6) is 0 Å². The van der Waals surface area contributed by atoms with Crippen molar-refractivity contribution in [2.75, 3.05) is 0 Å². The van der Waals surface area contributed by atoms with Crippen molar-refractivity contribution in [1.82, 2.24) is 9.97 Å². The fraction of sp³-hybridized carbons (Fsp3) is 0.0667. The van der Waals surface area contributed by atoms with Gasteiger partial charge in [0.2, 0.25) is 0 Å². The molecule has 0 aliphatic carbocycles. The van der Waals surface area contributed by atoms with Gasteiger partial charge in [-0.2, -0.15) is 0 Å². The van der Waals surface area contributed by atoms with Crippen molar-refractivity contribution in [3.05, 3.63) is 57.7 Å². The lowest BCUT2D eigenvalue weighted by atomic mass is 10.1. The summed E-state index contributed by atoms with van der Waals surface area (Å²) >= 11 is 12.0. The zero-order chi connectivity index (χ0) is 15.1. The van der Waals surface area contributed by atoms with Gasteiger partial charge in [-0.1, -0.05) is 35.3 Å². The number of halogens is 4. The summed E-state index contributed by atoms with van der Waals surface area (Å²) in [5.74, 6) is -1.03. The van der Waals surface area contributed by atoms with Gasteiger partial charge in [0.05, 0.1) is 5.02 Å². The van der Waals surface area contributed by atoms with Crippen molar-refractivity contribution in [3.63, 3.8) is 0 Å². The Balaban J connectivity index is 2.36. The number of aryl methyl sites for hydroxylation is 1. The Bertz CT molecular complexity index is 866. The monoisotopic (exact) mass is 324 g/mol. The van der Waals surface area contributed by atoms with E-state index < -0.39 is 11.6 Å². The summed E-state index contributed by atoms with van der Waals surface area (Å²) in [6, 6.07) is 7.15. The van der Waals surface area contributed by atoms with Crippen LogP contribution in [0.3, 0.4) is 0 Å². The Morgan fingerprint density at radius 1 is 0.952 bits per heavy atom. The van der Waals surface area contributed by atoms with E-state index in [0.717, 1.165) is 5.56 Å². The smallest absolute Gasteiger partial charge is 0.163 e. The predicted molar refractivity (Wildman–Crippen MR) is 79.6 cm³/mol. The first-order valence-electron chi connectivity index (χ1n) is 6.06. The highest BCUT2D eigenvalue weighted by molar-refractivity contribution is 6.35. The van der Waals surface area contributed by atoms with E-state index in [1.165, 1.54) is 18.2 Å². The highest BCUT2D eigenvalue weighted by atomic mass is 35.5. The van der Waals surface area contributed by atoms with Crippen LogP contribution in [0.15, 0.2) is 30.3 Å². The van der Waals surface area contributed by atoms with Crippen LogP contribution in [0, 0.1) is 18.6 Å². The molecule has 1 heterocycles. The maximum Gasteiger partial charge on any atom is 0.163 e. The number of rotatable bonds is 1. The molecule has 3 aromatic rings. The summed E-state index contributed by atoms with van der Waals surface area (Å²) in [5.41, 5.74) is 1.11. The average molecular weight is 325 g/mol. The van der Waals surface area contributed by atoms with Crippen molar-refractivity contribution in [2.45, 2.75) is 6.92 Å². The largest absolute Gasteiger partial charge is 0.225 e. The third kappa shape index (κ3) is 2.34. The molecule has 0 fully saturated rings. The minimum absolute atomic E-state index is 0.0847. The van der Waals surface area contributed by atoms with Crippen molar-refractivity contribution in [2.24, 2.45) is 0 Å². The molecule has 0 spiro atoms. The second-order valence-corrected chi connectivity index (χ2v) is 5.26. The molecule has 2 nitrogen and oxygen atoms in total. The Kier molecular flexibility index (Phi) is 3.51. The molecule has 6 heteroatoms. The zero-order valence-corrected chi connectivity index (χ0v) is 12.3. The first kappa shape index (κ1) is 14.2. The first-order valence-corrected chi connectivity index (χ1v) is 6.81. The van der Waals surface area contributed by atoms with E-state index in [1.54, 1.807) is 19.1 Å². The van der Waals surface area contributed by atoms with Crippen LogP contribution in [0.2, 0.25) is 10.2 Å². The third-order valence-electron chi connectivity index (χ3n) is 3.16. The molecule has 2 aromatic carbocycles. The number of hydrogen-bond acceptors (Lipinski definition) is 2. The molecule has 0 aliphatic rings. The van der Waals surface area contributed by atoms with E-state index in [1.807, 2.05) is 0 Å². The van der Waals surface area contributed by atoms with Crippen LogP contribution in [0.25, 0.3) is 22.3 Å². The van der Waals surface area contributed by atoms with Gasteiger partial charge in [0.1, 0.15) is 22.3 Å². The molecular formula is C15H8Cl2F2N2. The van der Waals surface area contributed by atoms with Crippen LogP contribution in [0.4, 0.5) is 8.78 Å². The third-order valence-corrected chi connectivity index (χ3v) is 3.82. The number of benzene rings is 2. The highest BCUT2D eigenvalue weighted by Crippen LogP contribution is 2.32. The van der Waals surface area contributed by atoms with E-state index in [9.17, 15) is 8.78 Å². The van der Waals surface area contributed by atoms with Crippen LogP contribution >= 0.6 is 23.2 Å². The van der Waals surface area contributed by atoms with Gasteiger partial charge in [0.25, 0.3) is 0 Å². The molecule has 0 saturated carbocycles. The SMILES string of the molecule is Cc1ccc(F)c2nc(-c3cccc(F)c3Cl)nc(Cl)c12. The number of hydrogen-bond donors (Lipinski definition) is 0. The molecule has 0 unspecified atom stereocenters. The van der Waals surface area contributed by atoms with Gasteiger partial charge >= 0.3 is 0 Å². The second kappa shape index (κ2) is 5.20. The topological polar surface area (TPSA) is 25.8 Å². The fourth-order valence-electron chi connectivity index (χ4n) is 2.11. The van der Waals surface area contributed by atoms with Crippen molar-refractivity contribution in [1.29, 1.82) is 0 Å². The summed E-state index contributed by atoms with van der Waals surface area (Å²) in [7, 11) is 0. The van der Waals surface area contributed by atoms with E-state index in [2.05, 4.69) is 9.97 Å². The Morgan fingerprint density at radius 2 is 1.71 bits per heavy atom. The first-order chi connectivity index (χ1) is 9.99. The van der Waals surface area contributed by atoms with Crippen LogP contribution in [-0.2, 0) is 0 Å². The second-order valence-electron chi connectivity index (χ2n) is 4.53. The molecular weight excluding hydrogens is 317 g/mol. The van der Waals surface area contributed by atoms with E-state index in [0.29, 0.717) is 5.39 Å². The zero-order valence-electron chi connectivity index (χ0n) is 10.8. The van der Waals surface area contributed by atoms with Gasteiger partial charge in [0.15, 0.2) is 5.82 Å². The standard InChI is InChI=1S/C15H8Cl2F2N2/c1-7-5-6-10(19)13-11(7)14(17)21-15(20-13)8-3-2-4-9(18)12(8)16/h2-6H,1H3. The molecule has 0 amide bonds. The number of nitrogens with zero attached hydrogens (tertiary/aromatic N) is 2. The van der Waals surface area contributed by atoms with E-state index >= 15 is 0 Å². The number of fused-ring (bicyclic) bond motifs is 1. The lowest BCUT2D eigenvalue weighted by molar-refractivity contribution is 0.628. The van der Waals surface area contributed by atoms with Crippen molar-refractivity contribution < 1.29 is 8.78 Å². The minimum Gasteiger partial charge on any atom is -0.225 e. The summed E-state index contributed by atoms with van der Waals surface area (Å²) in [4.78, 5) is 8.26. The predicted octanol–water partition coefficient (Wildman–Crippen LogP) is 5.19. The van der Waals surface area contributed by atoms with Crippen molar-refractivity contribution >= 4 is 34.1 Å². The molecule has 0 atom stereocenters. The van der Waals surface area contributed by atoms with Gasteiger partial charge in [-0.15, -0.1) is 0 Å². The summed E-state index contributed by atoms with van der Waals surface area (Å²) < 4.78 is 27.5. The Morgan fingerprint density at radius 3 is 2.48 bits per heavy atom. The molecule has 0 N–H and O–H groups in total. The quantitative estimate of drug-likeness (QED) is 0.575. The molecule has 0 aliphatic heterocycles. The lowest BCUT2D eigenvalue weighted by Gasteiger charge is -2.09. The lowest BCUT2D eigenvalue weighted by Crippen LogP contribution is -1.97. The average Bonchev–Trinajstić information content (AvgIpc) is 2.45. The summed E-state index contributed by atoms with van der Waals surface area (Å²) in [6.07, 6.45) is 0. The van der Waals surface area contributed by atoms with Crippen LogP contribution in [0.1, 0.15) is 5.56 Å². The maximum absolute atomic E-state index is 14.0. The summed E-state index contributed by atoms with van der Waals surface area (Å²) in [5, 5.41) is 0.418. The minimum atomic E-state index is -0.598. The van der Waals surface area contributed by atoms with Gasteiger partial charge in [-0.3, -0.25) is 0 Å². The van der Waals surface area contributed by atoms with Crippen LogP contribution in [-0.4, -0.2) is 9.97 Å². The van der Waals surface area contributed by atoms with E-state index in [4.69, 9.17) is 23.2 Å². The molecule has 106 valence electrons. The highest BCUT2D eigenvalue weighted by Gasteiger charge is 2.16. The normalized spacial score (nSPS) is 11.1. The van der Waals surface area contributed by atoms with Gasteiger partial charge in [-0.05, 0) is 30.7 Å². The molecule has 0 bridgehead atoms. The summed E-state index contributed by atoms with van der Waals surface area (Å²) in [6.45, 7) is 1.78. The Labute approximate surface area is 129 Å². The van der Waals surface area contributed by atoms with Gasteiger partial charge in [-0.25, -0.2) is 18.7 Å². The Hall–Kier alpha value is -1.78. The van der Waals surface area contributed by atoms with E-state index in [-0.39, 0.29) is 27.1 Å². The molecule has 0 radical (unpaired) electrons. The maximum atomic E-state index is 14.0. The number of aromatic nitrogens is 2. The van der Waals surface area contributed by atoms with Crippen molar-refractivity contribution in [3.8, 4) is 11.4 Å². The molecule has 1 aromatic heterocycles. The van der Waals surface area contributed by atoms with Gasteiger partial charge < -0.3 is 0 Å². The van der Waals surface area contributed by atoms with Gasteiger partial charge in [0, 0.05) is 10.9 Å². The fourth-order valence-corrected chi connectivity index (χ4v) is 2.64. The van der Waals surface area contributed by atoms with Crippen LogP contribution < -0.4 is 0 Å². The molecule has 3 rings (SSSR count). The molecule has 21 heavy (non-hydrogen) atoms. The molecule has 0 saturated heterocycles.